The van der Waals surface area contributed by atoms with Gasteiger partial charge in [0.2, 0.25) is 0 Å². The zero-order valence-electron chi connectivity index (χ0n) is 17.2. The summed E-state index contributed by atoms with van der Waals surface area (Å²) in [5, 5.41) is 3.59. The molecule has 0 bridgehead atoms. The first-order valence-corrected chi connectivity index (χ1v) is 9.14. The molecule has 0 heterocycles. The molecule has 2 atom stereocenters. The molecule has 24 heavy (non-hydrogen) atoms. The van der Waals surface area contributed by atoms with E-state index >= 15 is 0 Å². The van der Waals surface area contributed by atoms with Gasteiger partial charge in [-0.1, -0.05) is 13.8 Å². The first kappa shape index (κ1) is 21.2. The zero-order chi connectivity index (χ0) is 18.8. The van der Waals surface area contributed by atoms with Gasteiger partial charge in [-0.15, -0.1) is 0 Å². The number of hydrogen-bond acceptors (Lipinski definition) is 4. The first-order valence-electron chi connectivity index (χ1n) is 9.14. The van der Waals surface area contributed by atoms with Crippen LogP contribution >= 0.6 is 0 Å². The van der Waals surface area contributed by atoms with Crippen molar-refractivity contribution in [2.24, 2.45) is 5.41 Å². The van der Waals surface area contributed by atoms with Gasteiger partial charge in [-0.3, -0.25) is 0 Å². The molecule has 1 fully saturated rings. The average Bonchev–Trinajstić information content (AvgIpc) is 2.37. The Bertz CT molecular complexity index is 421. The molecule has 1 aliphatic rings. The average molecular weight is 343 g/mol. The Morgan fingerprint density at radius 2 is 1.79 bits per heavy atom. The molecule has 2 unspecified atom stereocenters. The van der Waals surface area contributed by atoms with Crippen molar-refractivity contribution in [3.63, 3.8) is 0 Å². The lowest BCUT2D eigenvalue weighted by atomic mass is 9.64. The molecule has 0 aliphatic heterocycles. The van der Waals surface area contributed by atoms with Crippen molar-refractivity contribution in [1.82, 2.24) is 10.2 Å². The maximum absolute atomic E-state index is 12.5. The standard InChI is InChI=1S/C19H38N2O3/c1-10-23-15-13-14(19(15,8)9)20-11-12-21(17(2,3)4)16(22)24-18(5,6)7/h14-15,20H,10-13H2,1-9H3. The predicted octanol–water partition coefficient (Wildman–Crippen LogP) is 3.82. The summed E-state index contributed by atoms with van der Waals surface area (Å²) in [7, 11) is 0. The van der Waals surface area contributed by atoms with Crippen LogP contribution in [-0.2, 0) is 9.47 Å². The molecule has 1 saturated carbocycles. The highest BCUT2D eigenvalue weighted by molar-refractivity contribution is 5.69. The summed E-state index contributed by atoms with van der Waals surface area (Å²) in [5.41, 5.74) is -0.615. The molecule has 0 radical (unpaired) electrons. The highest BCUT2D eigenvalue weighted by Crippen LogP contribution is 2.42. The van der Waals surface area contributed by atoms with Crippen LogP contribution in [0.1, 0.15) is 68.7 Å². The summed E-state index contributed by atoms with van der Waals surface area (Å²) in [5.74, 6) is 0. The van der Waals surface area contributed by atoms with Gasteiger partial charge < -0.3 is 19.7 Å². The highest BCUT2D eigenvalue weighted by atomic mass is 16.6. The van der Waals surface area contributed by atoms with Gasteiger partial charge in [0.15, 0.2) is 0 Å². The summed E-state index contributed by atoms with van der Waals surface area (Å²) in [6.07, 6.45) is 1.10. The predicted molar refractivity (Wildman–Crippen MR) is 98.3 cm³/mol. The molecule has 1 N–H and O–H groups in total. The molecule has 1 rings (SSSR count). The number of hydrogen-bond donors (Lipinski definition) is 1. The zero-order valence-corrected chi connectivity index (χ0v) is 17.2. The van der Waals surface area contributed by atoms with Gasteiger partial charge in [0.05, 0.1) is 6.10 Å². The number of carbonyl (C=O) groups excluding carboxylic acids is 1. The van der Waals surface area contributed by atoms with E-state index in [-0.39, 0.29) is 17.0 Å². The third-order valence-corrected chi connectivity index (χ3v) is 4.70. The van der Waals surface area contributed by atoms with Crippen molar-refractivity contribution < 1.29 is 14.3 Å². The summed E-state index contributed by atoms with van der Waals surface area (Å²) >= 11 is 0. The fourth-order valence-corrected chi connectivity index (χ4v) is 3.08. The van der Waals surface area contributed by atoms with Gasteiger partial charge in [0.1, 0.15) is 5.60 Å². The van der Waals surface area contributed by atoms with Crippen molar-refractivity contribution in [1.29, 1.82) is 0 Å². The van der Waals surface area contributed by atoms with Gasteiger partial charge in [0.25, 0.3) is 0 Å². The second-order valence-electron chi connectivity index (χ2n) is 9.31. The summed E-state index contributed by atoms with van der Waals surface area (Å²) < 4.78 is 11.3. The first-order chi connectivity index (χ1) is 10.8. The smallest absolute Gasteiger partial charge is 0.410 e. The van der Waals surface area contributed by atoms with Crippen molar-refractivity contribution in [3.8, 4) is 0 Å². The molecule has 1 amide bonds. The van der Waals surface area contributed by atoms with E-state index in [2.05, 4.69) is 19.2 Å². The molecule has 0 aromatic heterocycles. The summed E-state index contributed by atoms with van der Waals surface area (Å²) in [6.45, 7) is 20.5. The van der Waals surface area contributed by atoms with Crippen molar-refractivity contribution in [3.05, 3.63) is 0 Å². The minimum atomic E-state index is -0.477. The lowest BCUT2D eigenvalue weighted by molar-refractivity contribution is -0.114. The van der Waals surface area contributed by atoms with E-state index in [0.29, 0.717) is 18.7 Å². The Morgan fingerprint density at radius 3 is 2.21 bits per heavy atom. The Morgan fingerprint density at radius 1 is 1.21 bits per heavy atom. The number of amides is 1. The quantitative estimate of drug-likeness (QED) is 0.797. The lowest BCUT2D eigenvalue weighted by Crippen LogP contribution is -2.62. The third-order valence-electron chi connectivity index (χ3n) is 4.70. The van der Waals surface area contributed by atoms with Crippen molar-refractivity contribution in [2.75, 3.05) is 19.7 Å². The van der Waals surface area contributed by atoms with E-state index in [1.54, 1.807) is 4.90 Å². The maximum atomic E-state index is 12.5. The van der Waals surface area contributed by atoms with E-state index in [1.807, 2.05) is 48.5 Å². The lowest BCUT2D eigenvalue weighted by Gasteiger charge is -2.52. The van der Waals surface area contributed by atoms with E-state index in [1.165, 1.54) is 0 Å². The Labute approximate surface area is 148 Å². The topological polar surface area (TPSA) is 50.8 Å². The fraction of sp³-hybridized carbons (Fsp3) is 0.947. The van der Waals surface area contributed by atoms with Crippen LogP contribution in [0, 0.1) is 5.41 Å². The Kier molecular flexibility index (Phi) is 6.73. The summed E-state index contributed by atoms with van der Waals surface area (Å²) in [6, 6.07) is 0.425. The maximum Gasteiger partial charge on any atom is 0.410 e. The molecule has 0 saturated heterocycles. The van der Waals surface area contributed by atoms with E-state index < -0.39 is 5.60 Å². The van der Waals surface area contributed by atoms with Crippen LogP contribution in [0.3, 0.4) is 0 Å². The number of ether oxygens (including phenoxy) is 2. The minimum Gasteiger partial charge on any atom is -0.444 e. The number of carbonyl (C=O) groups is 1. The molecule has 5 heteroatoms. The molecular formula is C19H38N2O3. The second-order valence-corrected chi connectivity index (χ2v) is 9.31. The summed E-state index contributed by atoms with van der Waals surface area (Å²) in [4.78, 5) is 14.3. The number of nitrogens with zero attached hydrogens (tertiary/aromatic N) is 1. The van der Waals surface area contributed by atoms with Crippen LogP contribution in [-0.4, -0.2) is 54.0 Å². The Hall–Kier alpha value is -0.810. The second kappa shape index (κ2) is 7.61. The van der Waals surface area contributed by atoms with Crippen LogP contribution in [0.25, 0.3) is 0 Å². The molecule has 0 aromatic rings. The van der Waals surface area contributed by atoms with Crippen LogP contribution in [0.5, 0.6) is 0 Å². The van der Waals surface area contributed by atoms with Crippen molar-refractivity contribution >= 4 is 6.09 Å². The van der Waals surface area contributed by atoms with E-state index in [0.717, 1.165) is 19.6 Å². The monoisotopic (exact) mass is 342 g/mol. The van der Waals surface area contributed by atoms with Gasteiger partial charge in [0, 0.05) is 36.7 Å². The molecule has 5 nitrogen and oxygen atoms in total. The van der Waals surface area contributed by atoms with Crippen LogP contribution < -0.4 is 5.32 Å². The van der Waals surface area contributed by atoms with Crippen LogP contribution in [0.2, 0.25) is 0 Å². The van der Waals surface area contributed by atoms with Gasteiger partial charge >= 0.3 is 6.09 Å². The van der Waals surface area contributed by atoms with Gasteiger partial charge in [-0.05, 0) is 54.9 Å². The molecule has 0 aromatic carbocycles. The largest absolute Gasteiger partial charge is 0.444 e. The van der Waals surface area contributed by atoms with Gasteiger partial charge in [-0.2, -0.15) is 0 Å². The van der Waals surface area contributed by atoms with Gasteiger partial charge in [-0.25, -0.2) is 4.79 Å². The number of rotatable bonds is 6. The van der Waals surface area contributed by atoms with E-state index in [9.17, 15) is 4.79 Å². The van der Waals surface area contributed by atoms with E-state index in [4.69, 9.17) is 9.47 Å². The highest BCUT2D eigenvalue weighted by Gasteiger charge is 2.48. The molecule has 1 aliphatic carbocycles. The Balaban J connectivity index is 2.54. The molecule has 142 valence electrons. The normalized spacial score (nSPS) is 23.5. The minimum absolute atomic E-state index is 0.133. The number of nitrogens with one attached hydrogen (secondary N) is 1. The van der Waals surface area contributed by atoms with Crippen molar-refractivity contribution in [2.45, 2.75) is 92.0 Å². The molecular weight excluding hydrogens is 304 g/mol. The fourth-order valence-electron chi connectivity index (χ4n) is 3.08. The SMILES string of the molecule is CCOC1CC(NCCN(C(=O)OC(C)(C)C)C(C)(C)C)C1(C)C. The van der Waals surface area contributed by atoms with Crippen LogP contribution in [0.15, 0.2) is 0 Å². The van der Waals surface area contributed by atoms with Crippen LogP contribution in [0.4, 0.5) is 4.79 Å². The third kappa shape index (κ3) is 5.62. The molecule has 0 spiro atoms.